The van der Waals surface area contributed by atoms with Crippen LogP contribution >= 0.6 is 0 Å². The third-order valence-electron chi connectivity index (χ3n) is 2.83. The molecule has 1 aromatic heterocycles. The number of nitrogens with zero attached hydrogens (tertiary/aromatic N) is 3. The number of hydrogen-bond acceptors (Lipinski definition) is 4. The molecular formula is C13H16FN5O. The molecule has 7 heteroatoms. The maximum atomic E-state index is 13.1. The van der Waals surface area contributed by atoms with Crippen LogP contribution in [0, 0.1) is 5.82 Å². The van der Waals surface area contributed by atoms with E-state index in [0.717, 1.165) is 0 Å². The Labute approximate surface area is 115 Å². The molecule has 0 aliphatic heterocycles. The van der Waals surface area contributed by atoms with Gasteiger partial charge in [0.2, 0.25) is 5.91 Å². The minimum Gasteiger partial charge on any atom is -0.348 e. The molecule has 1 aromatic carbocycles. The number of rotatable bonds is 5. The second kappa shape index (κ2) is 6.25. The number of carbonyl (C=O) groups excluding carboxylic acids is 1. The quantitative estimate of drug-likeness (QED) is 0.844. The van der Waals surface area contributed by atoms with Crippen molar-refractivity contribution in [2.75, 3.05) is 0 Å². The van der Waals surface area contributed by atoms with Gasteiger partial charge in [0.1, 0.15) is 12.4 Å². The lowest BCUT2D eigenvalue weighted by Crippen LogP contribution is -2.30. The van der Waals surface area contributed by atoms with E-state index in [0.29, 0.717) is 11.3 Å². The second-order valence-corrected chi connectivity index (χ2v) is 4.46. The number of aromatic nitrogens is 3. The van der Waals surface area contributed by atoms with Crippen LogP contribution < -0.4 is 11.1 Å². The van der Waals surface area contributed by atoms with Crippen molar-refractivity contribution in [2.45, 2.75) is 26.1 Å². The van der Waals surface area contributed by atoms with Crippen LogP contribution in [0.25, 0.3) is 0 Å². The number of nitrogens with two attached hydrogens (primary N) is 1. The zero-order valence-corrected chi connectivity index (χ0v) is 11.1. The Balaban J connectivity index is 1.94. The Kier molecular flexibility index (Phi) is 4.41. The summed E-state index contributed by atoms with van der Waals surface area (Å²) in [5.74, 6) is -0.553. The third kappa shape index (κ3) is 3.61. The summed E-state index contributed by atoms with van der Waals surface area (Å²) in [4.78, 5) is 11.9. The fourth-order valence-electron chi connectivity index (χ4n) is 1.80. The molecule has 106 valence electrons. The van der Waals surface area contributed by atoms with Crippen molar-refractivity contribution in [3.05, 3.63) is 47.5 Å². The van der Waals surface area contributed by atoms with E-state index in [2.05, 4.69) is 15.6 Å². The Morgan fingerprint density at radius 2 is 2.35 bits per heavy atom. The normalized spacial score (nSPS) is 12.2. The van der Waals surface area contributed by atoms with Crippen molar-refractivity contribution in [3.8, 4) is 0 Å². The van der Waals surface area contributed by atoms with Gasteiger partial charge in [-0.2, -0.15) is 0 Å². The average Bonchev–Trinajstić information content (AvgIpc) is 2.86. The van der Waals surface area contributed by atoms with Gasteiger partial charge in [-0.15, -0.1) is 5.10 Å². The van der Waals surface area contributed by atoms with Crippen molar-refractivity contribution < 1.29 is 9.18 Å². The van der Waals surface area contributed by atoms with Gasteiger partial charge < -0.3 is 11.1 Å². The van der Waals surface area contributed by atoms with Crippen LogP contribution in [0.3, 0.4) is 0 Å². The van der Waals surface area contributed by atoms with Crippen LogP contribution in [0.15, 0.2) is 30.5 Å². The van der Waals surface area contributed by atoms with Crippen molar-refractivity contribution in [2.24, 2.45) is 5.73 Å². The molecule has 0 aliphatic carbocycles. The van der Waals surface area contributed by atoms with Gasteiger partial charge in [-0.05, 0) is 24.6 Å². The molecule has 6 nitrogen and oxygen atoms in total. The van der Waals surface area contributed by atoms with Crippen LogP contribution in [0.5, 0.6) is 0 Å². The predicted molar refractivity (Wildman–Crippen MR) is 70.9 cm³/mol. The number of amides is 1. The molecular weight excluding hydrogens is 261 g/mol. The summed E-state index contributed by atoms with van der Waals surface area (Å²) in [6.07, 6.45) is 1.62. The highest BCUT2D eigenvalue weighted by Crippen LogP contribution is 2.13. The lowest BCUT2D eigenvalue weighted by atomic mass is 10.1. The molecule has 0 bridgehead atoms. The van der Waals surface area contributed by atoms with E-state index >= 15 is 0 Å². The van der Waals surface area contributed by atoms with Crippen LogP contribution in [-0.2, 0) is 17.9 Å². The van der Waals surface area contributed by atoms with Gasteiger partial charge in [0.05, 0.1) is 17.9 Å². The van der Waals surface area contributed by atoms with E-state index in [4.69, 9.17) is 5.73 Å². The minimum atomic E-state index is -0.326. The molecule has 2 aromatic rings. The van der Waals surface area contributed by atoms with Crippen LogP contribution in [0.2, 0.25) is 0 Å². The average molecular weight is 277 g/mol. The first-order valence-electron chi connectivity index (χ1n) is 6.22. The molecule has 1 heterocycles. The van der Waals surface area contributed by atoms with E-state index in [-0.39, 0.29) is 30.9 Å². The van der Waals surface area contributed by atoms with Gasteiger partial charge in [0.25, 0.3) is 0 Å². The lowest BCUT2D eigenvalue weighted by Gasteiger charge is -2.14. The summed E-state index contributed by atoms with van der Waals surface area (Å²) < 4.78 is 14.5. The number of hydrogen-bond donors (Lipinski definition) is 2. The van der Waals surface area contributed by atoms with Gasteiger partial charge in [-0.3, -0.25) is 4.79 Å². The summed E-state index contributed by atoms with van der Waals surface area (Å²) in [5.41, 5.74) is 6.74. The Morgan fingerprint density at radius 3 is 3.00 bits per heavy atom. The first kappa shape index (κ1) is 14.1. The van der Waals surface area contributed by atoms with Crippen molar-refractivity contribution >= 4 is 5.91 Å². The highest BCUT2D eigenvalue weighted by atomic mass is 19.1. The van der Waals surface area contributed by atoms with Crippen LogP contribution in [0.4, 0.5) is 4.39 Å². The predicted octanol–water partition coefficient (Wildman–Crippen LogP) is 0.753. The van der Waals surface area contributed by atoms with E-state index < -0.39 is 0 Å². The summed E-state index contributed by atoms with van der Waals surface area (Å²) in [7, 11) is 0. The maximum absolute atomic E-state index is 13.1. The standard InChI is InChI=1S/C13H16FN5O/c1-9(10-3-2-4-11(14)5-10)16-13(20)8-19-7-12(6-15)17-18-19/h2-5,7,9H,6,8,15H2,1H3,(H,16,20). The molecule has 3 N–H and O–H groups in total. The smallest absolute Gasteiger partial charge is 0.242 e. The number of halogens is 1. The molecule has 1 amide bonds. The Morgan fingerprint density at radius 1 is 1.55 bits per heavy atom. The Hall–Kier alpha value is -2.28. The summed E-state index contributed by atoms with van der Waals surface area (Å²) in [5, 5.41) is 10.4. The molecule has 1 unspecified atom stereocenters. The Bertz CT molecular complexity index is 598. The fraction of sp³-hybridized carbons (Fsp3) is 0.308. The van der Waals surface area contributed by atoms with E-state index in [9.17, 15) is 9.18 Å². The van der Waals surface area contributed by atoms with E-state index in [1.165, 1.54) is 16.8 Å². The van der Waals surface area contributed by atoms with E-state index in [1.807, 2.05) is 0 Å². The zero-order chi connectivity index (χ0) is 14.5. The van der Waals surface area contributed by atoms with Crippen LogP contribution in [0.1, 0.15) is 24.2 Å². The molecule has 0 aliphatic rings. The summed E-state index contributed by atoms with van der Waals surface area (Å²) in [6.45, 7) is 2.12. The lowest BCUT2D eigenvalue weighted by molar-refractivity contribution is -0.122. The highest BCUT2D eigenvalue weighted by molar-refractivity contribution is 5.76. The van der Waals surface area contributed by atoms with Gasteiger partial charge >= 0.3 is 0 Å². The summed E-state index contributed by atoms with van der Waals surface area (Å²) >= 11 is 0. The topological polar surface area (TPSA) is 85.8 Å². The fourth-order valence-corrected chi connectivity index (χ4v) is 1.80. The minimum absolute atomic E-state index is 0.0483. The maximum Gasteiger partial charge on any atom is 0.242 e. The van der Waals surface area contributed by atoms with Crippen molar-refractivity contribution in [1.29, 1.82) is 0 Å². The highest BCUT2D eigenvalue weighted by Gasteiger charge is 2.11. The van der Waals surface area contributed by atoms with Gasteiger partial charge in [-0.1, -0.05) is 17.3 Å². The molecule has 0 spiro atoms. The summed E-state index contributed by atoms with van der Waals surface area (Å²) in [6, 6.07) is 5.85. The van der Waals surface area contributed by atoms with Crippen molar-refractivity contribution in [3.63, 3.8) is 0 Å². The molecule has 0 radical (unpaired) electrons. The SMILES string of the molecule is CC(NC(=O)Cn1cc(CN)nn1)c1cccc(F)c1. The number of nitrogens with one attached hydrogen (secondary N) is 1. The molecule has 0 saturated heterocycles. The van der Waals surface area contributed by atoms with Crippen LogP contribution in [-0.4, -0.2) is 20.9 Å². The van der Waals surface area contributed by atoms with Crippen molar-refractivity contribution in [1.82, 2.24) is 20.3 Å². The largest absolute Gasteiger partial charge is 0.348 e. The zero-order valence-electron chi connectivity index (χ0n) is 11.1. The molecule has 20 heavy (non-hydrogen) atoms. The number of carbonyl (C=O) groups is 1. The first-order valence-corrected chi connectivity index (χ1v) is 6.22. The third-order valence-corrected chi connectivity index (χ3v) is 2.83. The number of benzene rings is 1. The molecule has 0 fully saturated rings. The molecule has 2 rings (SSSR count). The second-order valence-electron chi connectivity index (χ2n) is 4.46. The molecule has 1 atom stereocenters. The van der Waals surface area contributed by atoms with Gasteiger partial charge in [0, 0.05) is 6.54 Å². The molecule has 0 saturated carbocycles. The van der Waals surface area contributed by atoms with E-state index in [1.54, 1.807) is 25.3 Å². The first-order chi connectivity index (χ1) is 9.58. The monoisotopic (exact) mass is 277 g/mol. The van der Waals surface area contributed by atoms with Gasteiger partial charge in [-0.25, -0.2) is 9.07 Å². The van der Waals surface area contributed by atoms with Gasteiger partial charge in [0.15, 0.2) is 0 Å².